The van der Waals surface area contributed by atoms with Gasteiger partial charge in [0.1, 0.15) is 10.2 Å². The fourth-order valence-corrected chi connectivity index (χ4v) is 1.92. The Morgan fingerprint density at radius 2 is 2.26 bits per heavy atom. The molecule has 1 heterocycles. The van der Waals surface area contributed by atoms with Crippen molar-refractivity contribution in [2.75, 3.05) is 6.54 Å². The Morgan fingerprint density at radius 1 is 1.58 bits per heavy atom. The van der Waals surface area contributed by atoms with Crippen molar-refractivity contribution in [3.63, 3.8) is 0 Å². The third-order valence-corrected chi connectivity index (χ3v) is 3.02. The lowest BCUT2D eigenvalue weighted by molar-refractivity contribution is 0.0506. The van der Waals surface area contributed by atoms with Gasteiger partial charge in [-0.1, -0.05) is 6.07 Å². The standard InChI is InChI=1S/C13H20BrN3O2/c1-13(2,3)19-12(18)17-10(8-15)7-9-5-4-6-16-11(9)14/h4-6,10H,7-8,15H2,1-3H3,(H,17,18). The van der Waals surface area contributed by atoms with Gasteiger partial charge in [-0.3, -0.25) is 0 Å². The van der Waals surface area contributed by atoms with Crippen molar-refractivity contribution in [1.82, 2.24) is 10.3 Å². The van der Waals surface area contributed by atoms with Gasteiger partial charge < -0.3 is 15.8 Å². The van der Waals surface area contributed by atoms with E-state index in [1.807, 2.05) is 32.9 Å². The van der Waals surface area contributed by atoms with Crippen molar-refractivity contribution >= 4 is 22.0 Å². The SMILES string of the molecule is CC(C)(C)OC(=O)NC(CN)Cc1cccnc1Br. The smallest absolute Gasteiger partial charge is 0.407 e. The molecule has 0 fully saturated rings. The van der Waals surface area contributed by atoms with E-state index in [1.165, 1.54) is 0 Å². The van der Waals surface area contributed by atoms with Gasteiger partial charge in [-0.05, 0) is 54.8 Å². The number of rotatable bonds is 4. The van der Waals surface area contributed by atoms with E-state index in [2.05, 4.69) is 26.2 Å². The number of nitrogens with two attached hydrogens (primary N) is 1. The summed E-state index contributed by atoms with van der Waals surface area (Å²) in [7, 11) is 0. The van der Waals surface area contributed by atoms with Gasteiger partial charge >= 0.3 is 6.09 Å². The highest BCUT2D eigenvalue weighted by atomic mass is 79.9. The van der Waals surface area contributed by atoms with E-state index < -0.39 is 11.7 Å². The van der Waals surface area contributed by atoms with Gasteiger partial charge in [0, 0.05) is 18.8 Å². The van der Waals surface area contributed by atoms with Crippen molar-refractivity contribution in [2.45, 2.75) is 38.8 Å². The van der Waals surface area contributed by atoms with Crippen LogP contribution >= 0.6 is 15.9 Å². The number of nitrogens with zero attached hydrogens (tertiary/aromatic N) is 1. The van der Waals surface area contributed by atoms with E-state index in [4.69, 9.17) is 10.5 Å². The van der Waals surface area contributed by atoms with Crippen LogP contribution in [0, 0.1) is 0 Å². The first-order valence-corrected chi connectivity index (χ1v) is 6.90. The van der Waals surface area contributed by atoms with Crippen LogP contribution in [0.25, 0.3) is 0 Å². The number of carbonyl (C=O) groups is 1. The number of nitrogens with one attached hydrogen (secondary N) is 1. The Hall–Kier alpha value is -1.14. The number of aromatic nitrogens is 1. The molecule has 0 radical (unpaired) electrons. The lowest BCUT2D eigenvalue weighted by atomic mass is 10.1. The predicted octanol–water partition coefficient (Wildman–Crippen LogP) is 2.24. The Bertz CT molecular complexity index is 432. The number of ether oxygens (including phenoxy) is 1. The van der Waals surface area contributed by atoms with E-state index in [1.54, 1.807) is 6.20 Å². The van der Waals surface area contributed by atoms with Crippen LogP contribution in [0.1, 0.15) is 26.3 Å². The molecule has 0 saturated carbocycles. The Kier molecular flexibility index (Phi) is 5.75. The number of hydrogen-bond donors (Lipinski definition) is 2. The molecule has 1 aromatic heterocycles. The van der Waals surface area contributed by atoms with E-state index in [0.717, 1.165) is 10.2 Å². The zero-order valence-corrected chi connectivity index (χ0v) is 13.0. The lowest BCUT2D eigenvalue weighted by Crippen LogP contribution is -2.44. The molecule has 1 amide bonds. The van der Waals surface area contributed by atoms with E-state index in [-0.39, 0.29) is 6.04 Å². The maximum absolute atomic E-state index is 11.7. The largest absolute Gasteiger partial charge is 0.444 e. The van der Waals surface area contributed by atoms with Crippen LogP contribution < -0.4 is 11.1 Å². The average Bonchev–Trinajstić information content (AvgIpc) is 2.28. The summed E-state index contributed by atoms with van der Waals surface area (Å²) in [4.78, 5) is 15.8. The van der Waals surface area contributed by atoms with Crippen LogP contribution in [0.4, 0.5) is 4.79 Å². The summed E-state index contributed by atoms with van der Waals surface area (Å²) in [6, 6.07) is 3.60. The van der Waals surface area contributed by atoms with Crippen molar-refractivity contribution in [1.29, 1.82) is 0 Å². The third kappa shape index (κ3) is 6.02. The maximum Gasteiger partial charge on any atom is 0.407 e. The molecule has 0 aliphatic heterocycles. The zero-order valence-electron chi connectivity index (χ0n) is 11.4. The van der Waals surface area contributed by atoms with Gasteiger partial charge in [-0.2, -0.15) is 0 Å². The summed E-state index contributed by atoms with van der Waals surface area (Å²) < 4.78 is 5.97. The second-order valence-electron chi connectivity index (χ2n) is 5.24. The Labute approximate surface area is 122 Å². The number of halogens is 1. The number of pyridine rings is 1. The Balaban J connectivity index is 2.60. The van der Waals surface area contributed by atoms with Crippen molar-refractivity contribution in [3.05, 3.63) is 28.5 Å². The predicted molar refractivity (Wildman–Crippen MR) is 77.9 cm³/mol. The molecular weight excluding hydrogens is 310 g/mol. The molecule has 0 aromatic carbocycles. The molecule has 19 heavy (non-hydrogen) atoms. The molecule has 1 atom stereocenters. The van der Waals surface area contributed by atoms with E-state index >= 15 is 0 Å². The summed E-state index contributed by atoms with van der Waals surface area (Å²) >= 11 is 3.37. The lowest BCUT2D eigenvalue weighted by Gasteiger charge is -2.23. The molecule has 1 unspecified atom stereocenters. The van der Waals surface area contributed by atoms with Gasteiger partial charge in [0.25, 0.3) is 0 Å². The van der Waals surface area contributed by atoms with Crippen LogP contribution in [-0.2, 0) is 11.2 Å². The second kappa shape index (κ2) is 6.86. The topological polar surface area (TPSA) is 77.2 Å². The highest BCUT2D eigenvalue weighted by Gasteiger charge is 2.19. The normalized spacial score (nSPS) is 12.9. The molecule has 0 bridgehead atoms. The van der Waals surface area contributed by atoms with Gasteiger partial charge in [0.05, 0.1) is 0 Å². The summed E-state index contributed by atoms with van der Waals surface area (Å²) in [5.74, 6) is 0. The Morgan fingerprint density at radius 3 is 2.79 bits per heavy atom. The summed E-state index contributed by atoms with van der Waals surface area (Å²) in [5.41, 5.74) is 6.16. The minimum Gasteiger partial charge on any atom is -0.444 e. The van der Waals surface area contributed by atoms with E-state index in [0.29, 0.717) is 13.0 Å². The van der Waals surface area contributed by atoms with Gasteiger partial charge in [0.15, 0.2) is 0 Å². The van der Waals surface area contributed by atoms with Gasteiger partial charge in [-0.25, -0.2) is 9.78 Å². The first-order valence-electron chi connectivity index (χ1n) is 6.11. The number of alkyl carbamates (subject to hydrolysis) is 1. The van der Waals surface area contributed by atoms with Crippen LogP contribution in [0.2, 0.25) is 0 Å². The fraction of sp³-hybridized carbons (Fsp3) is 0.538. The molecule has 0 aliphatic carbocycles. The highest BCUT2D eigenvalue weighted by Crippen LogP contribution is 2.14. The highest BCUT2D eigenvalue weighted by molar-refractivity contribution is 9.10. The first kappa shape index (κ1) is 15.9. The van der Waals surface area contributed by atoms with Crippen molar-refractivity contribution in [3.8, 4) is 0 Å². The van der Waals surface area contributed by atoms with Crippen molar-refractivity contribution < 1.29 is 9.53 Å². The molecular formula is C13H20BrN3O2. The summed E-state index contributed by atoms with van der Waals surface area (Å²) in [5, 5.41) is 2.76. The fourth-order valence-electron chi connectivity index (χ4n) is 1.50. The van der Waals surface area contributed by atoms with Crippen LogP contribution in [0.15, 0.2) is 22.9 Å². The molecule has 3 N–H and O–H groups in total. The van der Waals surface area contributed by atoms with Crippen LogP contribution in [-0.4, -0.2) is 29.3 Å². The summed E-state index contributed by atoms with van der Waals surface area (Å²) in [6.45, 7) is 5.80. The third-order valence-electron chi connectivity index (χ3n) is 2.31. The molecule has 1 rings (SSSR count). The molecule has 106 valence electrons. The first-order chi connectivity index (χ1) is 8.81. The monoisotopic (exact) mass is 329 g/mol. The number of carbonyl (C=O) groups excluding carboxylic acids is 1. The minimum absolute atomic E-state index is 0.185. The number of hydrogen-bond acceptors (Lipinski definition) is 4. The maximum atomic E-state index is 11.7. The summed E-state index contributed by atoms with van der Waals surface area (Å²) in [6.07, 6.45) is 1.85. The molecule has 1 aromatic rings. The van der Waals surface area contributed by atoms with Crippen molar-refractivity contribution in [2.24, 2.45) is 5.73 Å². The average molecular weight is 330 g/mol. The molecule has 0 spiro atoms. The van der Waals surface area contributed by atoms with Crippen LogP contribution in [0.5, 0.6) is 0 Å². The van der Waals surface area contributed by atoms with Gasteiger partial charge in [0.2, 0.25) is 0 Å². The van der Waals surface area contributed by atoms with Crippen LogP contribution in [0.3, 0.4) is 0 Å². The zero-order chi connectivity index (χ0) is 14.5. The molecule has 0 saturated heterocycles. The molecule has 5 nitrogen and oxygen atoms in total. The second-order valence-corrected chi connectivity index (χ2v) is 5.99. The molecule has 0 aliphatic rings. The minimum atomic E-state index is -0.516. The quantitative estimate of drug-likeness (QED) is 0.830. The van der Waals surface area contributed by atoms with Gasteiger partial charge in [-0.15, -0.1) is 0 Å². The molecule has 6 heteroatoms. The van der Waals surface area contributed by atoms with E-state index in [9.17, 15) is 4.79 Å². The number of amides is 1.